The lowest BCUT2D eigenvalue weighted by atomic mass is 10.2. The number of carbonyl (C=O) groups is 2. The van der Waals surface area contributed by atoms with Crippen molar-refractivity contribution in [2.75, 3.05) is 18.4 Å². The lowest BCUT2D eigenvalue weighted by molar-refractivity contribution is -0.127. The number of hydrogen-bond acceptors (Lipinski definition) is 6. The molecule has 6 rings (SSSR count). The van der Waals surface area contributed by atoms with Crippen LogP contribution in [-0.4, -0.2) is 50.7 Å². The van der Waals surface area contributed by atoms with Gasteiger partial charge in [0.25, 0.3) is 0 Å². The molecular weight excluding hydrogens is 495 g/mol. The molecule has 2 fully saturated rings. The van der Waals surface area contributed by atoms with Crippen molar-refractivity contribution in [1.29, 1.82) is 0 Å². The highest BCUT2D eigenvalue weighted by atomic mass is 32.1. The molecule has 9 nitrogen and oxygen atoms in total. The minimum Gasteiger partial charge on any atom is -0.453 e. The van der Waals surface area contributed by atoms with Gasteiger partial charge in [0.15, 0.2) is 11.6 Å². The lowest BCUT2D eigenvalue weighted by Gasteiger charge is -2.14. The number of amides is 3. The molecule has 37 heavy (non-hydrogen) atoms. The molecule has 4 heterocycles. The number of rotatable bonds is 8. The van der Waals surface area contributed by atoms with E-state index in [1.165, 1.54) is 23.5 Å². The Bertz CT molecular complexity index is 1480. The first-order valence-corrected chi connectivity index (χ1v) is 13.1. The first-order valence-electron chi connectivity index (χ1n) is 12.3. The van der Waals surface area contributed by atoms with Gasteiger partial charge in [-0.25, -0.2) is 9.18 Å². The van der Waals surface area contributed by atoms with Crippen LogP contribution in [0.4, 0.5) is 14.9 Å². The van der Waals surface area contributed by atoms with E-state index in [1.54, 1.807) is 24.5 Å². The SMILES string of the molecule is O=C(Nc1ccc(Oc2ccnc3cc(-c4cnn(CCN5CCCC5=O)c4)sc23)c(F)c1)NC1CC1. The Morgan fingerprint density at radius 3 is 2.86 bits per heavy atom. The number of pyridine rings is 1. The molecule has 2 N–H and O–H groups in total. The van der Waals surface area contributed by atoms with E-state index in [9.17, 15) is 14.0 Å². The predicted molar refractivity (Wildman–Crippen MR) is 138 cm³/mol. The maximum atomic E-state index is 14.8. The van der Waals surface area contributed by atoms with Gasteiger partial charge in [0.2, 0.25) is 5.91 Å². The molecule has 190 valence electrons. The minimum atomic E-state index is -0.580. The van der Waals surface area contributed by atoms with Crippen LogP contribution >= 0.6 is 11.3 Å². The summed E-state index contributed by atoms with van der Waals surface area (Å²) in [7, 11) is 0. The summed E-state index contributed by atoms with van der Waals surface area (Å²) in [6.07, 6.45) is 8.88. The third-order valence-corrected chi connectivity index (χ3v) is 7.57. The summed E-state index contributed by atoms with van der Waals surface area (Å²) in [5, 5.41) is 9.90. The number of ether oxygens (including phenoxy) is 1. The van der Waals surface area contributed by atoms with Gasteiger partial charge in [0.05, 0.1) is 23.0 Å². The Morgan fingerprint density at radius 2 is 2.08 bits per heavy atom. The minimum absolute atomic E-state index is 0.0554. The molecule has 3 amide bonds. The van der Waals surface area contributed by atoms with E-state index < -0.39 is 5.82 Å². The van der Waals surface area contributed by atoms with Gasteiger partial charge in [-0.3, -0.25) is 14.5 Å². The van der Waals surface area contributed by atoms with Crippen LogP contribution in [0.2, 0.25) is 0 Å². The molecule has 0 spiro atoms. The molecule has 2 aliphatic rings. The van der Waals surface area contributed by atoms with Crippen LogP contribution in [0.1, 0.15) is 25.7 Å². The topological polar surface area (TPSA) is 101 Å². The smallest absolute Gasteiger partial charge is 0.319 e. The predicted octanol–water partition coefficient (Wildman–Crippen LogP) is 5.00. The molecule has 4 aromatic rings. The molecule has 0 unspecified atom stereocenters. The van der Waals surface area contributed by atoms with Crippen molar-refractivity contribution in [3.8, 4) is 21.9 Å². The number of thiophene rings is 1. The van der Waals surface area contributed by atoms with E-state index in [1.807, 2.05) is 21.8 Å². The standard InChI is InChI=1S/C26H25FN6O3S/c27-19-12-18(31-26(35)30-17-3-4-17)5-6-21(19)36-22-7-8-28-20-13-23(37-25(20)22)16-14-29-33(15-16)11-10-32-9-1-2-24(32)34/h5-8,12-15,17H,1-4,9-11H2,(H2,30,31,35). The number of likely N-dealkylation sites (tertiary alicyclic amines) is 1. The molecule has 1 saturated heterocycles. The van der Waals surface area contributed by atoms with Gasteiger partial charge in [-0.05, 0) is 37.5 Å². The summed E-state index contributed by atoms with van der Waals surface area (Å²) in [6.45, 7) is 2.10. The fourth-order valence-electron chi connectivity index (χ4n) is 4.27. The molecule has 3 aromatic heterocycles. The number of fused-ring (bicyclic) bond motifs is 1. The molecule has 1 aromatic carbocycles. The van der Waals surface area contributed by atoms with E-state index >= 15 is 0 Å². The van der Waals surface area contributed by atoms with Gasteiger partial charge < -0.3 is 20.3 Å². The number of carbonyl (C=O) groups excluding carboxylic acids is 2. The highest BCUT2D eigenvalue weighted by Gasteiger charge is 2.23. The second-order valence-electron chi connectivity index (χ2n) is 9.23. The maximum Gasteiger partial charge on any atom is 0.319 e. The van der Waals surface area contributed by atoms with E-state index in [-0.39, 0.29) is 23.7 Å². The third-order valence-electron chi connectivity index (χ3n) is 6.39. The number of hydrogen-bond donors (Lipinski definition) is 2. The van der Waals surface area contributed by atoms with E-state index in [0.29, 0.717) is 30.9 Å². The average molecular weight is 521 g/mol. The first kappa shape index (κ1) is 23.4. The summed E-state index contributed by atoms with van der Waals surface area (Å²) in [5.41, 5.74) is 2.03. The van der Waals surface area contributed by atoms with Gasteiger partial charge in [-0.15, -0.1) is 11.3 Å². The van der Waals surface area contributed by atoms with E-state index in [4.69, 9.17) is 4.74 Å². The second kappa shape index (κ2) is 9.81. The average Bonchev–Trinajstić information content (AvgIpc) is 3.23. The van der Waals surface area contributed by atoms with E-state index in [2.05, 4.69) is 20.7 Å². The van der Waals surface area contributed by atoms with Crippen molar-refractivity contribution in [3.63, 3.8) is 0 Å². The van der Waals surface area contributed by atoms with Crippen LogP contribution < -0.4 is 15.4 Å². The number of aromatic nitrogens is 3. The fraction of sp³-hybridized carbons (Fsp3) is 0.308. The van der Waals surface area contributed by atoms with Crippen molar-refractivity contribution in [3.05, 3.63) is 54.7 Å². The Morgan fingerprint density at radius 1 is 1.19 bits per heavy atom. The van der Waals surface area contributed by atoms with Gasteiger partial charge >= 0.3 is 6.03 Å². The van der Waals surface area contributed by atoms with Crippen molar-refractivity contribution in [2.24, 2.45) is 0 Å². The fourth-order valence-corrected chi connectivity index (χ4v) is 5.31. The molecule has 1 aliphatic heterocycles. The lowest BCUT2D eigenvalue weighted by Crippen LogP contribution is -2.30. The normalized spacial score (nSPS) is 15.4. The van der Waals surface area contributed by atoms with Crippen LogP contribution in [-0.2, 0) is 11.3 Å². The summed E-state index contributed by atoms with van der Waals surface area (Å²) in [4.78, 5) is 31.0. The Labute approximate surface area is 216 Å². The van der Waals surface area contributed by atoms with Crippen molar-refractivity contribution < 1.29 is 18.7 Å². The largest absolute Gasteiger partial charge is 0.453 e. The van der Waals surface area contributed by atoms with Gasteiger partial charge in [-0.1, -0.05) is 0 Å². The molecule has 11 heteroatoms. The van der Waals surface area contributed by atoms with Crippen LogP contribution in [0, 0.1) is 5.82 Å². The number of benzene rings is 1. The molecule has 0 bridgehead atoms. The first-order chi connectivity index (χ1) is 18.0. The van der Waals surface area contributed by atoms with Crippen LogP contribution in [0.3, 0.4) is 0 Å². The van der Waals surface area contributed by atoms with Crippen molar-refractivity contribution >= 4 is 39.2 Å². The number of anilines is 1. The van der Waals surface area contributed by atoms with E-state index in [0.717, 1.165) is 46.5 Å². The number of nitrogens with one attached hydrogen (secondary N) is 2. The Hall–Kier alpha value is -3.99. The molecule has 1 aliphatic carbocycles. The number of nitrogens with zero attached hydrogens (tertiary/aromatic N) is 4. The molecular formula is C26H25FN6O3S. The number of halogens is 1. The quantitative estimate of drug-likeness (QED) is 0.341. The molecule has 0 atom stereocenters. The van der Waals surface area contributed by atoms with Crippen LogP contribution in [0.15, 0.2) is 48.9 Å². The van der Waals surface area contributed by atoms with Gasteiger partial charge in [0.1, 0.15) is 5.75 Å². The van der Waals surface area contributed by atoms with Crippen LogP contribution in [0.25, 0.3) is 20.7 Å². The zero-order chi connectivity index (χ0) is 25.4. The van der Waals surface area contributed by atoms with Crippen molar-refractivity contribution in [1.82, 2.24) is 25.0 Å². The summed E-state index contributed by atoms with van der Waals surface area (Å²) >= 11 is 1.49. The van der Waals surface area contributed by atoms with Gasteiger partial charge in [-0.2, -0.15) is 5.10 Å². The van der Waals surface area contributed by atoms with Crippen molar-refractivity contribution in [2.45, 2.75) is 38.3 Å². The monoisotopic (exact) mass is 520 g/mol. The Kier molecular flexibility index (Phi) is 6.21. The zero-order valence-electron chi connectivity index (χ0n) is 19.9. The molecule has 1 saturated carbocycles. The highest BCUT2D eigenvalue weighted by Crippen LogP contribution is 2.39. The van der Waals surface area contributed by atoms with Gasteiger partial charge in [0, 0.05) is 66.2 Å². The zero-order valence-corrected chi connectivity index (χ0v) is 20.8. The summed E-state index contributed by atoms with van der Waals surface area (Å²) in [5.74, 6) is 0.174. The highest BCUT2D eigenvalue weighted by molar-refractivity contribution is 7.22. The maximum absolute atomic E-state index is 14.8. The second-order valence-corrected chi connectivity index (χ2v) is 10.3. The third kappa shape index (κ3) is 5.26. The van der Waals surface area contributed by atoms with Crippen LogP contribution in [0.5, 0.6) is 11.5 Å². The number of urea groups is 1. The Balaban J connectivity index is 1.16. The molecule has 0 radical (unpaired) electrons. The summed E-state index contributed by atoms with van der Waals surface area (Å²) in [6, 6.07) is 7.88. The summed E-state index contributed by atoms with van der Waals surface area (Å²) < 4.78 is 23.4.